The van der Waals surface area contributed by atoms with Crippen LogP contribution >= 0.6 is 11.3 Å². The summed E-state index contributed by atoms with van der Waals surface area (Å²) in [6.07, 6.45) is 2.40. The zero-order chi connectivity index (χ0) is 8.23. The van der Waals surface area contributed by atoms with Gasteiger partial charge >= 0.3 is 0 Å². The highest BCUT2D eigenvalue weighted by atomic mass is 32.1. The van der Waals surface area contributed by atoms with E-state index in [1.54, 1.807) is 11.3 Å². The minimum absolute atomic E-state index is 0.248. The standard InChI is InChI=1S/C9H13NOS/c1-3-8(12-6-1)7-9-10-4-2-5-11-9/h1,3,6,9-10H,2,4-5,7H2. The number of rotatable bonds is 2. The highest BCUT2D eigenvalue weighted by molar-refractivity contribution is 7.09. The first-order valence-corrected chi connectivity index (χ1v) is 5.20. The van der Waals surface area contributed by atoms with Gasteiger partial charge in [0.1, 0.15) is 6.23 Å². The van der Waals surface area contributed by atoms with Gasteiger partial charge in [-0.15, -0.1) is 11.3 Å². The molecule has 0 aliphatic carbocycles. The van der Waals surface area contributed by atoms with Crippen molar-refractivity contribution in [1.82, 2.24) is 5.32 Å². The number of hydrogen-bond donors (Lipinski definition) is 1. The van der Waals surface area contributed by atoms with E-state index < -0.39 is 0 Å². The second kappa shape index (κ2) is 4.03. The molecule has 1 aromatic heterocycles. The third-order valence-electron chi connectivity index (χ3n) is 1.98. The monoisotopic (exact) mass is 183 g/mol. The summed E-state index contributed by atoms with van der Waals surface area (Å²) in [7, 11) is 0. The molecule has 1 fully saturated rings. The smallest absolute Gasteiger partial charge is 0.112 e. The molecule has 1 saturated heterocycles. The van der Waals surface area contributed by atoms with E-state index in [0.29, 0.717) is 0 Å². The van der Waals surface area contributed by atoms with Crippen molar-refractivity contribution < 1.29 is 4.74 Å². The zero-order valence-corrected chi connectivity index (χ0v) is 7.77. The molecule has 1 aliphatic heterocycles. The van der Waals surface area contributed by atoms with Gasteiger partial charge in [0.15, 0.2) is 0 Å². The molecule has 0 spiro atoms. The Bertz CT molecular complexity index is 216. The van der Waals surface area contributed by atoms with Crippen LogP contribution in [0.1, 0.15) is 11.3 Å². The molecular weight excluding hydrogens is 170 g/mol. The van der Waals surface area contributed by atoms with E-state index in [1.165, 1.54) is 4.88 Å². The zero-order valence-electron chi connectivity index (χ0n) is 6.95. The summed E-state index contributed by atoms with van der Waals surface area (Å²) >= 11 is 1.80. The summed E-state index contributed by atoms with van der Waals surface area (Å²) in [5, 5.41) is 5.45. The van der Waals surface area contributed by atoms with Crippen LogP contribution in [0.15, 0.2) is 17.5 Å². The molecule has 1 aromatic rings. The van der Waals surface area contributed by atoms with Crippen LogP contribution in [0.4, 0.5) is 0 Å². The molecule has 3 heteroatoms. The fourth-order valence-electron chi connectivity index (χ4n) is 1.36. The Labute approximate surface area is 76.6 Å². The average molecular weight is 183 g/mol. The Morgan fingerprint density at radius 1 is 1.67 bits per heavy atom. The van der Waals surface area contributed by atoms with Gasteiger partial charge in [0.05, 0.1) is 0 Å². The summed E-state index contributed by atoms with van der Waals surface area (Å²) in [6, 6.07) is 4.24. The Morgan fingerprint density at radius 3 is 3.33 bits per heavy atom. The van der Waals surface area contributed by atoms with Crippen molar-refractivity contribution in [2.45, 2.75) is 19.1 Å². The third kappa shape index (κ3) is 2.06. The highest BCUT2D eigenvalue weighted by Crippen LogP contribution is 2.12. The van der Waals surface area contributed by atoms with Crippen LogP contribution in [-0.2, 0) is 11.2 Å². The van der Waals surface area contributed by atoms with Crippen molar-refractivity contribution >= 4 is 11.3 Å². The summed E-state index contributed by atoms with van der Waals surface area (Å²) < 4.78 is 5.55. The molecule has 12 heavy (non-hydrogen) atoms. The Kier molecular flexibility index (Phi) is 2.76. The van der Waals surface area contributed by atoms with Crippen LogP contribution in [0.3, 0.4) is 0 Å². The molecule has 2 rings (SSSR count). The van der Waals surface area contributed by atoms with E-state index in [9.17, 15) is 0 Å². The molecule has 1 unspecified atom stereocenters. The lowest BCUT2D eigenvalue weighted by molar-refractivity contribution is 0.00241. The molecule has 0 bridgehead atoms. The lowest BCUT2D eigenvalue weighted by Gasteiger charge is -2.23. The molecule has 0 saturated carbocycles. The molecule has 0 radical (unpaired) electrons. The van der Waals surface area contributed by atoms with E-state index in [1.807, 2.05) is 0 Å². The molecule has 66 valence electrons. The molecule has 1 aliphatic rings. The van der Waals surface area contributed by atoms with Crippen molar-refractivity contribution in [3.63, 3.8) is 0 Å². The fraction of sp³-hybridized carbons (Fsp3) is 0.556. The predicted octanol–water partition coefficient (Wildman–Crippen LogP) is 1.63. The van der Waals surface area contributed by atoms with Crippen LogP contribution in [0.2, 0.25) is 0 Å². The van der Waals surface area contributed by atoms with Gasteiger partial charge in [-0.05, 0) is 24.4 Å². The average Bonchev–Trinajstić information content (AvgIpc) is 2.59. The number of ether oxygens (including phenoxy) is 1. The largest absolute Gasteiger partial charge is 0.363 e. The second-order valence-electron chi connectivity index (χ2n) is 2.95. The second-order valence-corrected chi connectivity index (χ2v) is 3.98. The number of nitrogens with one attached hydrogen (secondary N) is 1. The van der Waals surface area contributed by atoms with Gasteiger partial charge in [-0.2, -0.15) is 0 Å². The van der Waals surface area contributed by atoms with E-state index >= 15 is 0 Å². The Hall–Kier alpha value is -0.380. The Balaban J connectivity index is 1.86. The summed E-state index contributed by atoms with van der Waals surface area (Å²) in [4.78, 5) is 1.40. The number of thiophene rings is 1. The van der Waals surface area contributed by atoms with Crippen molar-refractivity contribution in [3.05, 3.63) is 22.4 Å². The van der Waals surface area contributed by atoms with Crippen molar-refractivity contribution in [2.24, 2.45) is 0 Å². The fourth-order valence-corrected chi connectivity index (χ4v) is 2.10. The van der Waals surface area contributed by atoms with Gasteiger partial charge in [-0.25, -0.2) is 0 Å². The van der Waals surface area contributed by atoms with E-state index in [4.69, 9.17) is 4.74 Å². The molecule has 2 nitrogen and oxygen atoms in total. The minimum Gasteiger partial charge on any atom is -0.363 e. The number of hydrogen-bond acceptors (Lipinski definition) is 3. The SMILES string of the molecule is c1csc(CC2NCCCO2)c1. The van der Waals surface area contributed by atoms with Crippen molar-refractivity contribution in [2.75, 3.05) is 13.2 Å². The quantitative estimate of drug-likeness (QED) is 0.752. The Morgan fingerprint density at radius 2 is 2.67 bits per heavy atom. The van der Waals surface area contributed by atoms with Gasteiger partial charge in [0.2, 0.25) is 0 Å². The lowest BCUT2D eigenvalue weighted by atomic mass is 10.3. The highest BCUT2D eigenvalue weighted by Gasteiger charge is 2.13. The summed E-state index contributed by atoms with van der Waals surface area (Å²) in [5.74, 6) is 0. The molecule has 0 aromatic carbocycles. The first-order chi connectivity index (χ1) is 5.95. The van der Waals surface area contributed by atoms with Crippen LogP contribution in [-0.4, -0.2) is 19.4 Å². The maximum absolute atomic E-state index is 5.55. The van der Waals surface area contributed by atoms with Crippen molar-refractivity contribution in [3.8, 4) is 0 Å². The van der Waals surface area contributed by atoms with Crippen LogP contribution < -0.4 is 5.32 Å². The maximum atomic E-state index is 5.55. The summed E-state index contributed by atoms with van der Waals surface area (Å²) in [6.45, 7) is 2.00. The van der Waals surface area contributed by atoms with Crippen LogP contribution in [0.25, 0.3) is 0 Å². The van der Waals surface area contributed by atoms with E-state index in [-0.39, 0.29) is 6.23 Å². The van der Waals surface area contributed by atoms with Gasteiger partial charge in [0, 0.05) is 17.9 Å². The molecule has 1 N–H and O–H groups in total. The van der Waals surface area contributed by atoms with Gasteiger partial charge < -0.3 is 4.74 Å². The van der Waals surface area contributed by atoms with Crippen LogP contribution in [0.5, 0.6) is 0 Å². The van der Waals surface area contributed by atoms with Gasteiger partial charge in [0.25, 0.3) is 0 Å². The molecule has 2 heterocycles. The molecule has 1 atom stereocenters. The van der Waals surface area contributed by atoms with Gasteiger partial charge in [-0.3, -0.25) is 5.32 Å². The van der Waals surface area contributed by atoms with E-state index in [2.05, 4.69) is 22.8 Å². The van der Waals surface area contributed by atoms with Gasteiger partial charge in [-0.1, -0.05) is 6.07 Å². The predicted molar refractivity (Wildman–Crippen MR) is 50.4 cm³/mol. The van der Waals surface area contributed by atoms with Crippen LogP contribution in [0, 0.1) is 0 Å². The lowest BCUT2D eigenvalue weighted by Crippen LogP contribution is -2.39. The third-order valence-corrected chi connectivity index (χ3v) is 2.88. The first kappa shape index (κ1) is 8.23. The van der Waals surface area contributed by atoms with Crippen molar-refractivity contribution in [1.29, 1.82) is 0 Å². The maximum Gasteiger partial charge on any atom is 0.112 e. The normalized spacial score (nSPS) is 24.2. The molecular formula is C9H13NOS. The minimum atomic E-state index is 0.248. The summed E-state index contributed by atoms with van der Waals surface area (Å²) in [5.41, 5.74) is 0. The topological polar surface area (TPSA) is 21.3 Å². The van der Waals surface area contributed by atoms with E-state index in [0.717, 1.165) is 26.0 Å². The first-order valence-electron chi connectivity index (χ1n) is 4.32. The molecule has 0 amide bonds.